The van der Waals surface area contributed by atoms with Gasteiger partial charge in [0.1, 0.15) is 0 Å². The van der Waals surface area contributed by atoms with Crippen molar-refractivity contribution in [2.45, 2.75) is 46.5 Å². The number of esters is 1. The maximum Gasteiger partial charge on any atom is 0.410 e. The van der Waals surface area contributed by atoms with Gasteiger partial charge in [0, 0.05) is 5.56 Å². The lowest BCUT2D eigenvalue weighted by Crippen LogP contribution is -2.30. The molecule has 6 nitrogen and oxygen atoms in total. The van der Waals surface area contributed by atoms with E-state index in [4.69, 9.17) is 13.8 Å². The van der Waals surface area contributed by atoms with Gasteiger partial charge in [-0.2, -0.15) is 0 Å². The van der Waals surface area contributed by atoms with Crippen molar-refractivity contribution in [3.63, 3.8) is 0 Å². The predicted molar refractivity (Wildman–Crippen MR) is 130 cm³/mol. The quantitative estimate of drug-likeness (QED) is 0.123. The average Bonchev–Trinajstić information content (AvgIpc) is 2.83. The van der Waals surface area contributed by atoms with Gasteiger partial charge in [0.25, 0.3) is 0 Å². The number of rotatable bonds is 12. The van der Waals surface area contributed by atoms with Gasteiger partial charge in [-0.05, 0) is 50.3 Å². The molecule has 0 spiro atoms. The Hall–Kier alpha value is -2.69. The number of carbonyl (C=O) groups excluding carboxylic acids is 2. The third kappa shape index (κ3) is 6.43. The second kappa shape index (κ2) is 11.4. The lowest BCUT2D eigenvalue weighted by Gasteiger charge is -2.28. The van der Waals surface area contributed by atoms with Gasteiger partial charge < -0.3 is 9.26 Å². The summed E-state index contributed by atoms with van der Waals surface area (Å²) < 4.78 is 29.5. The molecule has 0 amide bonds. The van der Waals surface area contributed by atoms with Crippen LogP contribution in [-0.2, 0) is 23.1 Å². The maximum absolute atomic E-state index is 13.5. The monoisotopic (exact) mass is 472 g/mol. The minimum absolute atomic E-state index is 0.0603. The summed E-state index contributed by atoms with van der Waals surface area (Å²) in [5.41, 5.74) is 0.774. The topological polar surface area (TPSA) is 78.9 Å². The second-order valence-corrected chi connectivity index (χ2v) is 10.2. The molecule has 33 heavy (non-hydrogen) atoms. The first-order valence-electron chi connectivity index (χ1n) is 11.0. The Bertz CT molecular complexity index is 1010. The molecule has 2 aromatic carbocycles. The van der Waals surface area contributed by atoms with E-state index in [-0.39, 0.29) is 24.3 Å². The normalized spacial score (nSPS) is 15.5. The van der Waals surface area contributed by atoms with Crippen LogP contribution in [-0.4, -0.2) is 25.5 Å². The summed E-state index contributed by atoms with van der Waals surface area (Å²) in [4.78, 5) is 24.8. The minimum atomic E-state index is -3.81. The lowest BCUT2D eigenvalue weighted by molar-refractivity contribution is -0.152. The molecule has 178 valence electrons. The fourth-order valence-corrected chi connectivity index (χ4v) is 5.19. The number of methoxy groups -OCH3 is 1. The molecule has 0 N–H and O–H groups in total. The third-order valence-corrected chi connectivity index (χ3v) is 7.80. The molecule has 0 aliphatic rings. The van der Waals surface area contributed by atoms with Crippen molar-refractivity contribution >= 4 is 24.7 Å². The highest BCUT2D eigenvalue weighted by Gasteiger charge is 2.35. The van der Waals surface area contributed by atoms with E-state index >= 15 is 0 Å². The van der Waals surface area contributed by atoms with E-state index in [1.165, 1.54) is 7.11 Å². The zero-order chi connectivity index (χ0) is 24.6. The summed E-state index contributed by atoms with van der Waals surface area (Å²) in [6, 6.07) is 15.5. The summed E-state index contributed by atoms with van der Waals surface area (Å²) in [7, 11) is -2.41. The van der Waals surface area contributed by atoms with Crippen LogP contribution < -0.4 is 5.30 Å². The summed E-state index contributed by atoms with van der Waals surface area (Å²) in [6.07, 6.45) is 1.27. The zero-order valence-electron chi connectivity index (χ0n) is 20.0. The van der Waals surface area contributed by atoms with Crippen LogP contribution in [0.25, 0.3) is 0 Å². The molecule has 0 fully saturated rings. The fraction of sp³-hybridized carbons (Fsp3) is 0.385. The molecule has 2 aromatic rings. The molecule has 3 unspecified atom stereocenters. The van der Waals surface area contributed by atoms with Gasteiger partial charge >= 0.3 is 13.6 Å². The van der Waals surface area contributed by atoms with E-state index in [1.807, 2.05) is 32.9 Å². The first-order chi connectivity index (χ1) is 15.6. The third-order valence-electron chi connectivity index (χ3n) is 5.81. The Morgan fingerprint density at radius 1 is 1.06 bits per heavy atom. The molecule has 0 bridgehead atoms. The summed E-state index contributed by atoms with van der Waals surface area (Å²) in [6.45, 7) is 11.4. The predicted octanol–water partition coefficient (Wildman–Crippen LogP) is 6.04. The van der Waals surface area contributed by atoms with Crippen molar-refractivity contribution in [2.75, 3.05) is 13.7 Å². The number of hydrogen-bond acceptors (Lipinski definition) is 6. The molecule has 7 heteroatoms. The number of carbonyl (C=O) groups is 2. The fourth-order valence-electron chi connectivity index (χ4n) is 3.66. The smallest absolute Gasteiger partial charge is 0.410 e. The van der Waals surface area contributed by atoms with Crippen molar-refractivity contribution < 1.29 is 27.9 Å². The van der Waals surface area contributed by atoms with Crippen LogP contribution in [0.1, 0.15) is 62.4 Å². The first-order valence-corrected chi connectivity index (χ1v) is 12.6. The Kier molecular flexibility index (Phi) is 9.21. The standard InChI is InChI=1S/C26H33O6P/c1-7-26(5,25(28)30-6)18-19(3)21-14-16-23(17-15-21)33(29,31-8-2)32-20(4)24(27)22-12-10-9-11-13-22/h9-17,19H,4,7-8,18H2,1-3,5-6H3. The van der Waals surface area contributed by atoms with Crippen LogP contribution in [0.15, 0.2) is 66.9 Å². The van der Waals surface area contributed by atoms with Crippen LogP contribution in [0.4, 0.5) is 0 Å². The minimum Gasteiger partial charge on any atom is -0.469 e. The number of hydrogen-bond donors (Lipinski definition) is 0. The van der Waals surface area contributed by atoms with Crippen molar-refractivity contribution in [1.29, 1.82) is 0 Å². The number of allylic oxidation sites excluding steroid dienone is 1. The summed E-state index contributed by atoms with van der Waals surface area (Å²) >= 11 is 0. The number of ketones is 1. The van der Waals surface area contributed by atoms with Crippen molar-refractivity contribution in [3.05, 3.63) is 78.1 Å². The Labute approximate surface area is 196 Å². The van der Waals surface area contributed by atoms with Gasteiger partial charge in [0.15, 0.2) is 5.76 Å². The average molecular weight is 473 g/mol. The molecule has 0 saturated heterocycles. The molecular formula is C26H33O6P. The SMILES string of the molecule is C=C(OP(=O)(OCC)c1ccc(C(C)CC(C)(CC)C(=O)OC)cc1)C(=O)c1ccccc1. The van der Waals surface area contributed by atoms with Gasteiger partial charge in [-0.15, -0.1) is 0 Å². The second-order valence-electron chi connectivity index (χ2n) is 8.23. The molecule has 0 aliphatic carbocycles. The van der Waals surface area contributed by atoms with Crippen molar-refractivity contribution in [3.8, 4) is 0 Å². The molecular weight excluding hydrogens is 439 g/mol. The maximum atomic E-state index is 13.5. The van der Waals surface area contributed by atoms with Crippen molar-refractivity contribution in [2.24, 2.45) is 5.41 Å². The van der Waals surface area contributed by atoms with E-state index < -0.39 is 18.8 Å². The molecule has 0 radical (unpaired) electrons. The van der Waals surface area contributed by atoms with E-state index in [1.54, 1.807) is 49.4 Å². The molecule has 0 aromatic heterocycles. The van der Waals surface area contributed by atoms with Crippen LogP contribution in [0, 0.1) is 5.41 Å². The number of ether oxygens (including phenoxy) is 1. The van der Waals surface area contributed by atoms with E-state index in [2.05, 4.69) is 6.58 Å². The van der Waals surface area contributed by atoms with Gasteiger partial charge in [-0.3, -0.25) is 14.1 Å². The highest BCUT2D eigenvalue weighted by Crippen LogP contribution is 2.49. The van der Waals surface area contributed by atoms with Gasteiger partial charge in [0.05, 0.1) is 24.4 Å². The Balaban J connectivity index is 2.22. The van der Waals surface area contributed by atoms with Crippen LogP contribution >= 0.6 is 7.60 Å². The first kappa shape index (κ1) is 26.6. The number of benzene rings is 2. The van der Waals surface area contributed by atoms with Crippen LogP contribution in [0.3, 0.4) is 0 Å². The largest absolute Gasteiger partial charge is 0.469 e. The van der Waals surface area contributed by atoms with Gasteiger partial charge in [-0.25, -0.2) is 4.57 Å². The molecule has 2 rings (SSSR count). The summed E-state index contributed by atoms with van der Waals surface area (Å²) in [5.74, 6) is -0.871. The zero-order valence-corrected chi connectivity index (χ0v) is 20.9. The van der Waals surface area contributed by atoms with Crippen LogP contribution in [0.5, 0.6) is 0 Å². The highest BCUT2D eigenvalue weighted by atomic mass is 31.2. The van der Waals surface area contributed by atoms with Gasteiger partial charge in [-0.1, -0.05) is 62.9 Å². The van der Waals surface area contributed by atoms with E-state index in [9.17, 15) is 14.2 Å². The van der Waals surface area contributed by atoms with E-state index in [0.29, 0.717) is 23.7 Å². The summed E-state index contributed by atoms with van der Waals surface area (Å²) in [5, 5.41) is 0.327. The van der Waals surface area contributed by atoms with E-state index in [0.717, 1.165) is 5.56 Å². The molecule has 0 aliphatic heterocycles. The molecule has 3 atom stereocenters. The Morgan fingerprint density at radius 3 is 2.18 bits per heavy atom. The van der Waals surface area contributed by atoms with Crippen molar-refractivity contribution in [1.82, 2.24) is 0 Å². The molecule has 0 heterocycles. The van der Waals surface area contributed by atoms with Gasteiger partial charge in [0.2, 0.25) is 5.78 Å². The number of Topliss-reactive ketones (excluding diaryl/α,β-unsaturated/α-hetero) is 1. The highest BCUT2D eigenvalue weighted by molar-refractivity contribution is 7.62. The van der Waals surface area contributed by atoms with Crippen LogP contribution in [0.2, 0.25) is 0 Å². The lowest BCUT2D eigenvalue weighted by atomic mass is 9.77. The Morgan fingerprint density at radius 2 is 1.67 bits per heavy atom. The molecule has 0 saturated carbocycles.